The lowest BCUT2D eigenvalue weighted by atomic mass is 10.1. The summed E-state index contributed by atoms with van der Waals surface area (Å²) in [6.45, 7) is 0.468. The maximum atomic E-state index is 5.60. The largest absolute Gasteiger partial charge is 0.325 e. The van der Waals surface area contributed by atoms with E-state index in [2.05, 4.69) is 45.3 Å². The molecule has 0 spiro atoms. The molecule has 18 heavy (non-hydrogen) atoms. The summed E-state index contributed by atoms with van der Waals surface area (Å²) in [4.78, 5) is 4.28. The number of hydrogen-bond acceptors (Lipinski definition) is 2. The van der Waals surface area contributed by atoms with Crippen LogP contribution in [-0.4, -0.2) is 9.38 Å². The highest BCUT2D eigenvalue weighted by Crippen LogP contribution is 2.24. The fourth-order valence-corrected chi connectivity index (χ4v) is 2.23. The van der Waals surface area contributed by atoms with Gasteiger partial charge in [0.15, 0.2) is 0 Å². The first-order valence-electron chi connectivity index (χ1n) is 5.69. The third-order valence-electron chi connectivity index (χ3n) is 2.93. The van der Waals surface area contributed by atoms with Crippen molar-refractivity contribution < 1.29 is 0 Å². The van der Waals surface area contributed by atoms with Crippen molar-refractivity contribution in [2.24, 2.45) is 5.73 Å². The van der Waals surface area contributed by atoms with Crippen molar-refractivity contribution in [3.8, 4) is 11.1 Å². The molecule has 2 heterocycles. The van der Waals surface area contributed by atoms with Gasteiger partial charge in [0.2, 0.25) is 0 Å². The number of nitrogens with two attached hydrogens (primary N) is 1. The normalized spacial score (nSPS) is 11.0. The van der Waals surface area contributed by atoms with E-state index in [1.165, 1.54) is 11.1 Å². The van der Waals surface area contributed by atoms with Crippen LogP contribution in [0.15, 0.2) is 53.4 Å². The first kappa shape index (κ1) is 11.4. The van der Waals surface area contributed by atoms with Gasteiger partial charge in [0.25, 0.3) is 0 Å². The number of hydrogen-bond donors (Lipinski definition) is 1. The lowest BCUT2D eigenvalue weighted by Gasteiger charge is -1.96. The average Bonchev–Trinajstić information content (AvgIpc) is 2.82. The third kappa shape index (κ3) is 2.05. The fourth-order valence-electron chi connectivity index (χ4n) is 1.97. The molecule has 0 atom stereocenters. The smallest absolute Gasteiger partial charge is 0.0994 e. The van der Waals surface area contributed by atoms with Gasteiger partial charge in [-0.15, -0.1) is 0 Å². The van der Waals surface area contributed by atoms with E-state index < -0.39 is 0 Å². The summed E-state index contributed by atoms with van der Waals surface area (Å²) < 4.78 is 3.10. The van der Waals surface area contributed by atoms with Crippen molar-refractivity contribution in [2.75, 3.05) is 0 Å². The molecule has 0 unspecified atom stereocenters. The highest BCUT2D eigenvalue weighted by atomic mass is 79.9. The number of rotatable bonds is 2. The maximum Gasteiger partial charge on any atom is 0.0994 e. The molecule has 0 aliphatic carbocycles. The number of fused-ring (bicyclic) bond motifs is 1. The first-order chi connectivity index (χ1) is 8.76. The van der Waals surface area contributed by atoms with E-state index in [4.69, 9.17) is 5.73 Å². The molecule has 0 amide bonds. The van der Waals surface area contributed by atoms with E-state index in [0.717, 1.165) is 15.7 Å². The first-order valence-corrected chi connectivity index (χ1v) is 6.48. The molecule has 90 valence electrons. The molecule has 0 fully saturated rings. The van der Waals surface area contributed by atoms with Crippen molar-refractivity contribution in [1.82, 2.24) is 9.38 Å². The van der Waals surface area contributed by atoms with E-state index in [1.807, 2.05) is 22.6 Å². The number of aromatic nitrogens is 2. The van der Waals surface area contributed by atoms with Crippen LogP contribution in [0.1, 0.15) is 5.69 Å². The van der Waals surface area contributed by atoms with Crippen LogP contribution in [0.4, 0.5) is 0 Å². The van der Waals surface area contributed by atoms with E-state index in [-0.39, 0.29) is 0 Å². The van der Waals surface area contributed by atoms with Crippen molar-refractivity contribution in [3.05, 3.63) is 59.1 Å². The van der Waals surface area contributed by atoms with Gasteiger partial charge in [-0.1, -0.05) is 28.1 Å². The van der Waals surface area contributed by atoms with Gasteiger partial charge >= 0.3 is 0 Å². The summed E-state index contributed by atoms with van der Waals surface area (Å²) in [6, 6.07) is 12.4. The van der Waals surface area contributed by atoms with Gasteiger partial charge in [-0.3, -0.25) is 0 Å². The van der Waals surface area contributed by atoms with Crippen LogP contribution in [0.5, 0.6) is 0 Å². The summed E-state index contributed by atoms with van der Waals surface area (Å²) >= 11 is 3.44. The molecule has 1 aromatic carbocycles. The van der Waals surface area contributed by atoms with Gasteiger partial charge in [-0.2, -0.15) is 0 Å². The van der Waals surface area contributed by atoms with Crippen LogP contribution in [-0.2, 0) is 6.54 Å². The lowest BCUT2D eigenvalue weighted by molar-refractivity contribution is 0.953. The van der Waals surface area contributed by atoms with Crippen LogP contribution in [0.2, 0.25) is 0 Å². The Kier molecular flexibility index (Phi) is 2.89. The number of benzene rings is 1. The summed E-state index contributed by atoms with van der Waals surface area (Å²) in [6.07, 6.45) is 3.88. The van der Waals surface area contributed by atoms with Crippen molar-refractivity contribution >= 4 is 21.4 Å². The summed E-state index contributed by atoms with van der Waals surface area (Å²) in [5, 5.41) is 0. The Balaban J connectivity index is 2.10. The molecule has 2 aromatic heterocycles. The molecular formula is C14H12BrN3. The highest BCUT2D eigenvalue weighted by Gasteiger charge is 2.03. The van der Waals surface area contributed by atoms with Crippen LogP contribution < -0.4 is 5.73 Å². The zero-order valence-electron chi connectivity index (χ0n) is 9.68. The Labute approximate surface area is 113 Å². The molecule has 3 aromatic rings. The van der Waals surface area contributed by atoms with E-state index in [9.17, 15) is 0 Å². The van der Waals surface area contributed by atoms with Crippen LogP contribution in [0.25, 0.3) is 16.6 Å². The Hall–Kier alpha value is -1.65. The molecular weight excluding hydrogens is 290 g/mol. The average molecular weight is 302 g/mol. The molecule has 0 aliphatic rings. The van der Waals surface area contributed by atoms with Crippen LogP contribution >= 0.6 is 15.9 Å². The summed E-state index contributed by atoms with van der Waals surface area (Å²) in [5.41, 5.74) is 9.99. The second kappa shape index (κ2) is 4.55. The highest BCUT2D eigenvalue weighted by molar-refractivity contribution is 9.10. The molecule has 3 rings (SSSR count). The van der Waals surface area contributed by atoms with Crippen molar-refractivity contribution in [2.45, 2.75) is 6.54 Å². The minimum absolute atomic E-state index is 0.468. The van der Waals surface area contributed by atoms with Gasteiger partial charge in [-0.25, -0.2) is 4.98 Å². The van der Waals surface area contributed by atoms with Gasteiger partial charge < -0.3 is 10.1 Å². The Bertz CT molecular complexity index is 686. The van der Waals surface area contributed by atoms with Gasteiger partial charge in [0, 0.05) is 28.3 Å². The van der Waals surface area contributed by atoms with Crippen molar-refractivity contribution in [3.63, 3.8) is 0 Å². The second-order valence-corrected chi connectivity index (χ2v) is 5.07. The minimum Gasteiger partial charge on any atom is -0.325 e. The molecule has 2 N–H and O–H groups in total. The molecule has 4 heteroatoms. The number of halogens is 1. The molecule has 3 nitrogen and oxygen atoms in total. The predicted molar refractivity (Wildman–Crippen MR) is 76.2 cm³/mol. The predicted octanol–water partition coefficient (Wildman–Crippen LogP) is 3.22. The SMILES string of the molecule is NCc1cc2cc(-c3ccc(Br)cc3)cn2cn1. The molecule has 0 saturated heterocycles. The van der Waals surface area contributed by atoms with Gasteiger partial charge in [0.1, 0.15) is 0 Å². The monoisotopic (exact) mass is 301 g/mol. The van der Waals surface area contributed by atoms with Crippen LogP contribution in [0.3, 0.4) is 0 Å². The third-order valence-corrected chi connectivity index (χ3v) is 3.46. The van der Waals surface area contributed by atoms with E-state index in [0.29, 0.717) is 6.54 Å². The summed E-state index contributed by atoms with van der Waals surface area (Å²) in [7, 11) is 0. The van der Waals surface area contributed by atoms with Crippen LogP contribution in [0, 0.1) is 0 Å². The second-order valence-electron chi connectivity index (χ2n) is 4.15. The minimum atomic E-state index is 0.468. The van der Waals surface area contributed by atoms with E-state index in [1.54, 1.807) is 6.33 Å². The lowest BCUT2D eigenvalue weighted by Crippen LogP contribution is -2.00. The zero-order chi connectivity index (χ0) is 12.5. The number of nitrogens with zero attached hydrogens (tertiary/aromatic N) is 2. The van der Waals surface area contributed by atoms with Gasteiger partial charge in [0.05, 0.1) is 12.0 Å². The molecule has 0 radical (unpaired) electrons. The molecule has 0 saturated carbocycles. The van der Waals surface area contributed by atoms with E-state index >= 15 is 0 Å². The van der Waals surface area contributed by atoms with Crippen molar-refractivity contribution in [1.29, 1.82) is 0 Å². The van der Waals surface area contributed by atoms with Gasteiger partial charge in [-0.05, 0) is 29.8 Å². The Morgan fingerprint density at radius 3 is 2.61 bits per heavy atom. The maximum absolute atomic E-state index is 5.60. The topological polar surface area (TPSA) is 43.3 Å². The Morgan fingerprint density at radius 1 is 1.11 bits per heavy atom. The standard InChI is InChI=1S/C14H12BrN3/c15-12-3-1-10(2-4-12)11-5-14-6-13(7-16)17-9-18(14)8-11/h1-6,8-9H,7,16H2. The molecule has 0 bridgehead atoms. The molecule has 0 aliphatic heterocycles. The quantitative estimate of drug-likeness (QED) is 0.790. The Morgan fingerprint density at radius 2 is 1.89 bits per heavy atom. The fraction of sp³-hybridized carbons (Fsp3) is 0.0714. The zero-order valence-corrected chi connectivity index (χ0v) is 11.3. The summed E-state index contributed by atoms with van der Waals surface area (Å²) in [5.74, 6) is 0.